The minimum atomic E-state index is -0.111. The molecular formula is C27H33N9S. The lowest BCUT2D eigenvalue weighted by atomic mass is 9.71. The van der Waals surface area contributed by atoms with Crippen molar-refractivity contribution in [2.45, 2.75) is 36.1 Å². The number of nitrogens with one attached hydrogen (secondary N) is 1. The number of nitrogens with zero attached hydrogens (tertiary/aromatic N) is 8. The standard InChI is InChI=1S/C27H33N9S/c1-33(2)17-18-35-20-22(19-29-35)30-26-31-25-24(5-4-14-36(25)32-26)34-15-11-27(10-13-28,12-16-34)21-6-8-23(37-3)9-7-21/h4-9,14,19-20H,10-12,15-18H2,1-3H3,(H,30,32). The van der Waals surface area contributed by atoms with Gasteiger partial charge in [0.15, 0.2) is 5.65 Å². The zero-order valence-corrected chi connectivity index (χ0v) is 22.4. The van der Waals surface area contributed by atoms with Crippen LogP contribution in [0, 0.1) is 11.3 Å². The highest BCUT2D eigenvalue weighted by Crippen LogP contribution is 2.40. The van der Waals surface area contributed by atoms with E-state index in [2.05, 4.69) is 82.1 Å². The molecule has 4 aromatic rings. The van der Waals surface area contributed by atoms with E-state index in [9.17, 15) is 5.26 Å². The van der Waals surface area contributed by atoms with Crippen LogP contribution in [-0.2, 0) is 12.0 Å². The minimum absolute atomic E-state index is 0.111. The maximum atomic E-state index is 9.65. The molecule has 1 N–H and O–H groups in total. The van der Waals surface area contributed by atoms with Crippen molar-refractivity contribution in [3.8, 4) is 6.07 Å². The molecular weight excluding hydrogens is 482 g/mol. The molecule has 1 fully saturated rings. The van der Waals surface area contributed by atoms with Crippen LogP contribution in [0.15, 0.2) is 59.9 Å². The van der Waals surface area contributed by atoms with Crippen LogP contribution in [0.5, 0.6) is 0 Å². The SMILES string of the molecule is CSc1ccc(C2(CC#N)CCN(c3cccn4nc(Nc5cnn(CCN(C)C)c5)nc34)CC2)cc1. The first-order chi connectivity index (χ1) is 18.0. The van der Waals surface area contributed by atoms with Crippen molar-refractivity contribution in [3.63, 3.8) is 0 Å². The van der Waals surface area contributed by atoms with E-state index in [4.69, 9.17) is 4.98 Å². The quantitative estimate of drug-likeness (QED) is 0.328. The first-order valence-electron chi connectivity index (χ1n) is 12.6. The second-order valence-electron chi connectivity index (χ2n) is 9.85. The third-order valence-corrected chi connectivity index (χ3v) is 7.93. The first-order valence-corrected chi connectivity index (χ1v) is 13.8. The fraction of sp³-hybridized carbons (Fsp3) is 0.407. The Labute approximate surface area is 222 Å². The molecule has 1 saturated heterocycles. The molecule has 1 aliphatic heterocycles. The normalized spacial score (nSPS) is 15.3. The summed E-state index contributed by atoms with van der Waals surface area (Å²) < 4.78 is 3.74. The van der Waals surface area contributed by atoms with Crippen molar-refractivity contribution in [1.29, 1.82) is 5.26 Å². The molecule has 1 aliphatic rings. The monoisotopic (exact) mass is 515 g/mol. The van der Waals surface area contributed by atoms with Crippen molar-refractivity contribution >= 4 is 34.7 Å². The minimum Gasteiger partial charge on any atom is -0.368 e. The molecule has 0 saturated carbocycles. The Morgan fingerprint density at radius 3 is 2.65 bits per heavy atom. The van der Waals surface area contributed by atoms with Crippen molar-refractivity contribution in [1.82, 2.24) is 29.3 Å². The molecule has 192 valence electrons. The summed E-state index contributed by atoms with van der Waals surface area (Å²) in [6.45, 7) is 3.47. The highest BCUT2D eigenvalue weighted by molar-refractivity contribution is 7.98. The second-order valence-corrected chi connectivity index (χ2v) is 10.7. The molecule has 0 radical (unpaired) electrons. The molecule has 0 bridgehead atoms. The second kappa shape index (κ2) is 10.8. The molecule has 0 amide bonds. The predicted molar refractivity (Wildman–Crippen MR) is 149 cm³/mol. The Bertz CT molecular complexity index is 1380. The third-order valence-electron chi connectivity index (χ3n) is 7.19. The van der Waals surface area contributed by atoms with Gasteiger partial charge in [0.1, 0.15) is 0 Å². The number of fused-ring (bicyclic) bond motifs is 1. The largest absolute Gasteiger partial charge is 0.368 e. The molecule has 0 atom stereocenters. The van der Waals surface area contributed by atoms with Crippen LogP contribution < -0.4 is 10.2 Å². The molecule has 5 rings (SSSR count). The number of pyridine rings is 1. The number of aromatic nitrogens is 5. The zero-order valence-electron chi connectivity index (χ0n) is 21.6. The lowest BCUT2D eigenvalue weighted by Crippen LogP contribution is -2.42. The Hall–Kier alpha value is -3.55. The molecule has 37 heavy (non-hydrogen) atoms. The molecule has 0 unspecified atom stereocenters. The van der Waals surface area contributed by atoms with Crippen molar-refractivity contribution < 1.29 is 0 Å². The third kappa shape index (κ3) is 5.43. The lowest BCUT2D eigenvalue weighted by Gasteiger charge is -2.42. The highest BCUT2D eigenvalue weighted by Gasteiger charge is 2.36. The van der Waals surface area contributed by atoms with Crippen molar-refractivity contribution in [2.75, 3.05) is 50.2 Å². The number of hydrogen-bond donors (Lipinski definition) is 1. The van der Waals surface area contributed by atoms with Gasteiger partial charge in [-0.05, 0) is 63.0 Å². The summed E-state index contributed by atoms with van der Waals surface area (Å²) >= 11 is 1.74. The van der Waals surface area contributed by atoms with Gasteiger partial charge in [-0.15, -0.1) is 16.9 Å². The van der Waals surface area contributed by atoms with Gasteiger partial charge in [-0.2, -0.15) is 15.3 Å². The summed E-state index contributed by atoms with van der Waals surface area (Å²) in [4.78, 5) is 10.6. The Morgan fingerprint density at radius 2 is 1.95 bits per heavy atom. The Morgan fingerprint density at radius 1 is 1.16 bits per heavy atom. The number of piperidine rings is 1. The molecule has 0 aliphatic carbocycles. The predicted octanol–water partition coefficient (Wildman–Crippen LogP) is 4.40. The number of thioether (sulfide) groups is 1. The number of hydrogen-bond acceptors (Lipinski definition) is 8. The van der Waals surface area contributed by atoms with Gasteiger partial charge in [0.2, 0.25) is 5.95 Å². The summed E-state index contributed by atoms with van der Waals surface area (Å²) in [6, 6.07) is 15.3. The Kier molecular flexibility index (Phi) is 7.35. The van der Waals surface area contributed by atoms with Crippen molar-refractivity contribution in [3.05, 3.63) is 60.6 Å². The number of benzene rings is 1. The lowest BCUT2D eigenvalue weighted by molar-refractivity contribution is 0.337. The fourth-order valence-corrected chi connectivity index (χ4v) is 5.42. The molecule has 9 nitrogen and oxygen atoms in total. The van der Waals surface area contributed by atoms with Gasteiger partial charge in [0, 0.05) is 48.8 Å². The average Bonchev–Trinajstić information content (AvgIpc) is 3.54. The number of likely N-dealkylation sites (N-methyl/N-ethyl adjacent to an activating group) is 1. The van der Waals surface area contributed by atoms with E-state index in [-0.39, 0.29) is 5.41 Å². The number of rotatable bonds is 9. The molecule has 3 aromatic heterocycles. The summed E-state index contributed by atoms with van der Waals surface area (Å²) in [5, 5.41) is 22.0. The fourth-order valence-electron chi connectivity index (χ4n) is 5.01. The van der Waals surface area contributed by atoms with E-state index in [0.717, 1.165) is 56.0 Å². The van der Waals surface area contributed by atoms with Gasteiger partial charge in [-0.1, -0.05) is 12.1 Å². The molecule has 10 heteroatoms. The van der Waals surface area contributed by atoms with Crippen LogP contribution >= 0.6 is 11.8 Å². The smallest absolute Gasteiger partial charge is 0.247 e. The number of anilines is 3. The van der Waals surface area contributed by atoms with Crippen molar-refractivity contribution in [2.24, 2.45) is 0 Å². The van der Waals surface area contributed by atoms with Crippen LogP contribution in [0.3, 0.4) is 0 Å². The van der Waals surface area contributed by atoms with Crippen LogP contribution in [-0.4, -0.2) is 69.3 Å². The van der Waals surface area contributed by atoms with E-state index in [1.807, 2.05) is 27.7 Å². The Balaban J connectivity index is 1.32. The highest BCUT2D eigenvalue weighted by atomic mass is 32.2. The first kappa shape index (κ1) is 25.1. The average molecular weight is 516 g/mol. The zero-order chi connectivity index (χ0) is 25.8. The van der Waals surface area contributed by atoms with Gasteiger partial charge in [0.25, 0.3) is 0 Å². The van der Waals surface area contributed by atoms with E-state index in [0.29, 0.717) is 12.4 Å². The summed E-state index contributed by atoms with van der Waals surface area (Å²) in [5.74, 6) is 0.546. The van der Waals surface area contributed by atoms with Gasteiger partial charge < -0.3 is 15.1 Å². The molecule has 1 aromatic carbocycles. The topological polar surface area (TPSA) is 90.3 Å². The molecule has 0 spiro atoms. The van der Waals surface area contributed by atoms with Crippen LogP contribution in [0.4, 0.5) is 17.3 Å². The van der Waals surface area contributed by atoms with E-state index in [1.54, 1.807) is 18.0 Å². The van der Waals surface area contributed by atoms with Gasteiger partial charge >= 0.3 is 0 Å². The van der Waals surface area contributed by atoms with E-state index in [1.165, 1.54) is 10.5 Å². The van der Waals surface area contributed by atoms with Crippen LogP contribution in [0.2, 0.25) is 0 Å². The van der Waals surface area contributed by atoms with Gasteiger partial charge in [-0.25, -0.2) is 4.52 Å². The summed E-state index contributed by atoms with van der Waals surface area (Å²) in [7, 11) is 4.10. The van der Waals surface area contributed by atoms with E-state index >= 15 is 0 Å². The number of nitriles is 1. The molecule has 4 heterocycles. The van der Waals surface area contributed by atoms with Crippen LogP contribution in [0.25, 0.3) is 5.65 Å². The maximum Gasteiger partial charge on any atom is 0.247 e. The van der Waals surface area contributed by atoms with Gasteiger partial charge in [-0.3, -0.25) is 4.68 Å². The summed E-state index contributed by atoms with van der Waals surface area (Å²) in [5.41, 5.74) is 3.91. The van der Waals surface area contributed by atoms with E-state index < -0.39 is 0 Å². The van der Waals surface area contributed by atoms with Gasteiger partial charge in [0.05, 0.1) is 30.2 Å². The maximum absolute atomic E-state index is 9.65. The summed E-state index contributed by atoms with van der Waals surface area (Å²) in [6.07, 6.45) is 10.2. The van der Waals surface area contributed by atoms with Crippen LogP contribution in [0.1, 0.15) is 24.8 Å².